The molecule has 1 heterocycles. The fourth-order valence-corrected chi connectivity index (χ4v) is 1.45. The number of hydrogen-bond acceptors (Lipinski definition) is 4. The third-order valence-corrected chi connectivity index (χ3v) is 2.18. The first kappa shape index (κ1) is 12.0. The molecule has 0 spiro atoms. The van der Waals surface area contributed by atoms with Crippen molar-refractivity contribution in [3.05, 3.63) is 46.7 Å². The van der Waals surface area contributed by atoms with Crippen molar-refractivity contribution < 1.29 is 22.9 Å². The van der Waals surface area contributed by atoms with Gasteiger partial charge in [-0.1, -0.05) is 0 Å². The molecule has 2 aromatic rings. The highest BCUT2D eigenvalue weighted by Gasteiger charge is 2.17. The Balaban J connectivity index is 2.50. The Morgan fingerprint density at radius 1 is 1.33 bits per heavy atom. The van der Waals surface area contributed by atoms with E-state index >= 15 is 0 Å². The van der Waals surface area contributed by atoms with Crippen molar-refractivity contribution in [2.45, 2.75) is 6.61 Å². The average Bonchev–Trinajstić information content (AvgIpc) is 2.81. The second-order valence-electron chi connectivity index (χ2n) is 3.29. The van der Waals surface area contributed by atoms with Crippen molar-refractivity contribution in [2.75, 3.05) is 0 Å². The predicted molar refractivity (Wildman–Crippen MR) is 57.4 cm³/mol. The summed E-state index contributed by atoms with van der Waals surface area (Å²) < 4.78 is 33.7. The summed E-state index contributed by atoms with van der Waals surface area (Å²) in [5, 5.41) is 10.6. The lowest BCUT2D eigenvalue weighted by Gasteiger charge is -2.08. The van der Waals surface area contributed by atoms with E-state index in [9.17, 15) is 18.9 Å². The first-order valence-corrected chi connectivity index (χ1v) is 4.85. The van der Waals surface area contributed by atoms with Crippen molar-refractivity contribution >= 4 is 5.69 Å². The molecule has 0 saturated carbocycles. The molecule has 0 fully saturated rings. The maximum atomic E-state index is 12.2. The summed E-state index contributed by atoms with van der Waals surface area (Å²) >= 11 is 0. The monoisotopic (exact) mass is 255 g/mol. The van der Waals surface area contributed by atoms with Gasteiger partial charge in [0.15, 0.2) is 0 Å². The van der Waals surface area contributed by atoms with Gasteiger partial charge in [0.2, 0.25) is 0 Å². The standard InChI is InChI=1S/C11H7F2NO4/c12-11(13)18-10-4-3-7(14(15)16)6-8(10)9-2-1-5-17-9/h1-6,11H. The molecule has 0 radical (unpaired) electrons. The molecule has 0 amide bonds. The van der Waals surface area contributed by atoms with E-state index in [1.54, 1.807) is 6.07 Å². The second kappa shape index (κ2) is 4.82. The fraction of sp³-hybridized carbons (Fsp3) is 0.0909. The molecule has 2 rings (SSSR count). The Hall–Kier alpha value is -2.44. The molecule has 1 aromatic carbocycles. The van der Waals surface area contributed by atoms with Crippen molar-refractivity contribution in [3.63, 3.8) is 0 Å². The molecule has 0 saturated heterocycles. The van der Waals surface area contributed by atoms with E-state index in [0.29, 0.717) is 0 Å². The van der Waals surface area contributed by atoms with Gasteiger partial charge in [-0.2, -0.15) is 8.78 Å². The number of halogens is 2. The van der Waals surface area contributed by atoms with Crippen LogP contribution in [0.25, 0.3) is 11.3 Å². The Morgan fingerprint density at radius 2 is 2.11 bits per heavy atom. The van der Waals surface area contributed by atoms with Gasteiger partial charge in [-0.05, 0) is 18.2 Å². The third kappa shape index (κ3) is 2.45. The maximum Gasteiger partial charge on any atom is 0.387 e. The Bertz CT molecular complexity index is 554. The largest absolute Gasteiger partial charge is 0.464 e. The lowest BCUT2D eigenvalue weighted by Crippen LogP contribution is -2.03. The maximum absolute atomic E-state index is 12.2. The number of nitro groups is 1. The minimum absolute atomic E-state index is 0.106. The zero-order valence-electron chi connectivity index (χ0n) is 8.88. The summed E-state index contributed by atoms with van der Waals surface area (Å²) in [5.74, 6) is 0.0416. The zero-order chi connectivity index (χ0) is 13.1. The average molecular weight is 255 g/mol. The topological polar surface area (TPSA) is 65.5 Å². The number of hydrogen-bond donors (Lipinski definition) is 0. The molecule has 0 aliphatic heterocycles. The van der Waals surface area contributed by atoms with E-state index in [2.05, 4.69) is 4.74 Å². The molecule has 1 aromatic heterocycles. The van der Waals surface area contributed by atoms with E-state index < -0.39 is 11.5 Å². The van der Waals surface area contributed by atoms with Crippen LogP contribution in [0, 0.1) is 10.1 Å². The van der Waals surface area contributed by atoms with Gasteiger partial charge in [-0.15, -0.1) is 0 Å². The number of nitrogens with zero attached hydrogens (tertiary/aromatic N) is 1. The minimum atomic E-state index is -3.01. The Morgan fingerprint density at radius 3 is 2.67 bits per heavy atom. The normalized spacial score (nSPS) is 10.6. The summed E-state index contributed by atoms with van der Waals surface area (Å²) in [6, 6.07) is 6.36. The van der Waals surface area contributed by atoms with Crippen LogP contribution in [-0.4, -0.2) is 11.5 Å². The van der Waals surface area contributed by atoms with E-state index in [4.69, 9.17) is 4.42 Å². The van der Waals surface area contributed by atoms with Gasteiger partial charge in [0.25, 0.3) is 5.69 Å². The van der Waals surface area contributed by atoms with Crippen LogP contribution in [-0.2, 0) is 0 Å². The molecule has 18 heavy (non-hydrogen) atoms. The molecule has 0 aliphatic rings. The smallest absolute Gasteiger partial charge is 0.387 e. The Labute approximate surface area is 99.7 Å². The van der Waals surface area contributed by atoms with Gasteiger partial charge in [0, 0.05) is 12.1 Å². The molecule has 0 N–H and O–H groups in total. The highest BCUT2D eigenvalue weighted by atomic mass is 19.3. The van der Waals surface area contributed by atoms with Crippen molar-refractivity contribution in [1.29, 1.82) is 0 Å². The summed E-state index contributed by atoms with van der Waals surface area (Å²) in [6.45, 7) is -3.01. The molecular formula is C11H7F2NO4. The summed E-state index contributed by atoms with van der Waals surface area (Å²) in [4.78, 5) is 10.0. The molecule has 94 valence electrons. The second-order valence-corrected chi connectivity index (χ2v) is 3.29. The number of ether oxygens (including phenoxy) is 1. The third-order valence-electron chi connectivity index (χ3n) is 2.18. The molecule has 7 heteroatoms. The number of rotatable bonds is 4. The molecule has 0 aliphatic carbocycles. The quantitative estimate of drug-likeness (QED) is 0.619. The van der Waals surface area contributed by atoms with Crippen LogP contribution >= 0.6 is 0 Å². The van der Waals surface area contributed by atoms with Crippen LogP contribution in [0.2, 0.25) is 0 Å². The molecule has 0 atom stereocenters. The van der Waals surface area contributed by atoms with Gasteiger partial charge in [-0.3, -0.25) is 10.1 Å². The summed E-state index contributed by atoms with van der Waals surface area (Å²) in [6.07, 6.45) is 1.33. The SMILES string of the molecule is O=[N+]([O-])c1ccc(OC(F)F)c(-c2ccco2)c1. The molecule has 5 nitrogen and oxygen atoms in total. The van der Waals surface area contributed by atoms with Gasteiger partial charge >= 0.3 is 6.61 Å². The lowest BCUT2D eigenvalue weighted by atomic mass is 10.1. The highest BCUT2D eigenvalue weighted by Crippen LogP contribution is 2.34. The molecule has 0 bridgehead atoms. The first-order valence-electron chi connectivity index (χ1n) is 4.85. The fourth-order valence-electron chi connectivity index (χ4n) is 1.45. The Kier molecular flexibility index (Phi) is 3.22. The van der Waals surface area contributed by atoms with E-state index in [1.165, 1.54) is 12.3 Å². The number of nitro benzene ring substituents is 1. The number of furan rings is 1. The van der Waals surface area contributed by atoms with Crippen molar-refractivity contribution in [3.8, 4) is 17.1 Å². The minimum Gasteiger partial charge on any atom is -0.464 e. The number of non-ortho nitro benzene ring substituents is 1. The van der Waals surface area contributed by atoms with E-state index in [0.717, 1.165) is 18.2 Å². The van der Waals surface area contributed by atoms with Crippen molar-refractivity contribution in [1.82, 2.24) is 0 Å². The van der Waals surface area contributed by atoms with Crippen LogP contribution in [0.1, 0.15) is 0 Å². The van der Waals surface area contributed by atoms with E-state index in [-0.39, 0.29) is 22.8 Å². The van der Waals surface area contributed by atoms with Gasteiger partial charge in [-0.25, -0.2) is 0 Å². The number of alkyl halides is 2. The van der Waals surface area contributed by atoms with Crippen molar-refractivity contribution in [2.24, 2.45) is 0 Å². The van der Waals surface area contributed by atoms with Gasteiger partial charge < -0.3 is 9.15 Å². The zero-order valence-corrected chi connectivity index (χ0v) is 8.88. The van der Waals surface area contributed by atoms with Gasteiger partial charge in [0.05, 0.1) is 16.7 Å². The van der Waals surface area contributed by atoms with Crippen LogP contribution in [0.3, 0.4) is 0 Å². The van der Waals surface area contributed by atoms with Crippen LogP contribution in [0.15, 0.2) is 41.0 Å². The molecule has 0 unspecified atom stereocenters. The number of benzene rings is 1. The highest BCUT2D eigenvalue weighted by molar-refractivity contribution is 5.68. The van der Waals surface area contributed by atoms with Gasteiger partial charge in [0.1, 0.15) is 11.5 Å². The summed E-state index contributed by atoms with van der Waals surface area (Å²) in [5.41, 5.74) is -0.127. The molecular weight excluding hydrogens is 248 g/mol. The van der Waals surface area contributed by atoms with Crippen LogP contribution in [0.5, 0.6) is 5.75 Å². The summed E-state index contributed by atoms with van der Waals surface area (Å²) in [7, 11) is 0. The predicted octanol–water partition coefficient (Wildman–Crippen LogP) is 3.46. The van der Waals surface area contributed by atoms with Crippen LogP contribution in [0.4, 0.5) is 14.5 Å². The van der Waals surface area contributed by atoms with E-state index in [1.807, 2.05) is 0 Å². The lowest BCUT2D eigenvalue weighted by molar-refractivity contribution is -0.384. The van der Waals surface area contributed by atoms with Crippen LogP contribution < -0.4 is 4.74 Å². The first-order chi connectivity index (χ1) is 8.58.